The van der Waals surface area contributed by atoms with Gasteiger partial charge in [0.05, 0.1) is 0 Å². The van der Waals surface area contributed by atoms with E-state index in [1.165, 1.54) is 12.8 Å². The minimum absolute atomic E-state index is 0.400. The molecule has 0 fully saturated rings. The quantitative estimate of drug-likeness (QED) is 0.559. The third-order valence-corrected chi connectivity index (χ3v) is 4.43. The van der Waals surface area contributed by atoms with Crippen molar-refractivity contribution in [2.45, 2.75) is 54.4 Å². The molecule has 0 saturated heterocycles. The zero-order valence-electron chi connectivity index (χ0n) is 11.2. The van der Waals surface area contributed by atoms with Gasteiger partial charge in [-0.1, -0.05) is 51.0 Å². The van der Waals surface area contributed by atoms with Crippen LogP contribution in [0.15, 0.2) is 23.3 Å². The lowest BCUT2D eigenvalue weighted by atomic mass is 9.62. The van der Waals surface area contributed by atoms with Crippen LogP contribution in [0.2, 0.25) is 0 Å². The van der Waals surface area contributed by atoms with Gasteiger partial charge < -0.3 is 0 Å². The van der Waals surface area contributed by atoms with Crippen LogP contribution < -0.4 is 0 Å². The van der Waals surface area contributed by atoms with Gasteiger partial charge in [0.2, 0.25) is 0 Å². The van der Waals surface area contributed by atoms with E-state index in [1.807, 2.05) is 0 Å². The summed E-state index contributed by atoms with van der Waals surface area (Å²) in [7, 11) is 0. The Morgan fingerprint density at radius 1 is 1.40 bits per heavy atom. The molecular weight excluding hydrogens is 180 g/mol. The molecule has 0 aliphatic heterocycles. The Bertz CT molecular complexity index is 278. The van der Waals surface area contributed by atoms with Crippen LogP contribution in [0.25, 0.3) is 0 Å². The first-order valence-corrected chi connectivity index (χ1v) is 6.28. The molecule has 0 saturated carbocycles. The maximum absolute atomic E-state index is 2.41. The predicted octanol–water partition coefficient (Wildman–Crippen LogP) is 4.97. The number of hydrogen-bond acceptors (Lipinski definition) is 0. The molecule has 0 aromatic carbocycles. The molecule has 0 heterocycles. The second-order valence-corrected chi connectivity index (χ2v) is 5.51. The van der Waals surface area contributed by atoms with Crippen molar-refractivity contribution in [1.82, 2.24) is 0 Å². The first kappa shape index (κ1) is 12.5. The van der Waals surface area contributed by atoms with Crippen molar-refractivity contribution in [2.24, 2.45) is 17.3 Å². The fourth-order valence-electron chi connectivity index (χ4n) is 3.07. The average molecular weight is 206 g/mol. The van der Waals surface area contributed by atoms with E-state index in [2.05, 4.69) is 53.7 Å². The minimum atomic E-state index is 0.400. The van der Waals surface area contributed by atoms with E-state index in [-0.39, 0.29) is 0 Å². The highest BCUT2D eigenvalue weighted by molar-refractivity contribution is 5.28. The van der Waals surface area contributed by atoms with Crippen LogP contribution in [0, 0.1) is 17.3 Å². The highest BCUT2D eigenvalue weighted by Crippen LogP contribution is 2.48. The van der Waals surface area contributed by atoms with Gasteiger partial charge in [-0.2, -0.15) is 0 Å². The summed E-state index contributed by atoms with van der Waals surface area (Å²) in [4.78, 5) is 0. The molecule has 1 aliphatic carbocycles. The Morgan fingerprint density at radius 2 is 2.00 bits per heavy atom. The predicted molar refractivity (Wildman–Crippen MR) is 68.9 cm³/mol. The highest BCUT2D eigenvalue weighted by Gasteiger charge is 2.36. The van der Waals surface area contributed by atoms with Crippen molar-refractivity contribution < 1.29 is 0 Å². The maximum atomic E-state index is 2.41. The molecule has 0 radical (unpaired) electrons. The molecule has 0 aromatic rings. The molecule has 2 unspecified atom stereocenters. The third-order valence-electron chi connectivity index (χ3n) is 4.43. The molecular formula is C15H26. The first-order valence-electron chi connectivity index (χ1n) is 6.28. The van der Waals surface area contributed by atoms with Crippen LogP contribution in [0.1, 0.15) is 54.4 Å². The molecule has 0 bridgehead atoms. The van der Waals surface area contributed by atoms with E-state index in [0.717, 1.165) is 5.92 Å². The van der Waals surface area contributed by atoms with Crippen LogP contribution in [0.4, 0.5) is 0 Å². The number of hydrogen-bond donors (Lipinski definition) is 0. The molecule has 0 N–H and O–H groups in total. The summed E-state index contributed by atoms with van der Waals surface area (Å²) in [6.45, 7) is 14.0. The Kier molecular flexibility index (Phi) is 3.81. The van der Waals surface area contributed by atoms with Crippen LogP contribution in [0.3, 0.4) is 0 Å². The smallest absolute Gasteiger partial charge is 0.00204 e. The van der Waals surface area contributed by atoms with Crippen molar-refractivity contribution in [3.05, 3.63) is 23.3 Å². The molecule has 15 heavy (non-hydrogen) atoms. The lowest BCUT2D eigenvalue weighted by Crippen LogP contribution is -2.32. The largest absolute Gasteiger partial charge is 0.0911 e. The Balaban J connectivity index is 3.14. The molecule has 0 heteroatoms. The summed E-state index contributed by atoms with van der Waals surface area (Å²) in [6, 6.07) is 0. The van der Waals surface area contributed by atoms with Crippen LogP contribution >= 0.6 is 0 Å². The standard InChI is InChI=1S/C15H26/c1-7-9-13-10-11(3)15(5,6)14(8-2)12(13)4/h7,9,11,13H,8,10H2,1-6H3. The maximum Gasteiger partial charge on any atom is -0.00204 e. The Morgan fingerprint density at radius 3 is 2.47 bits per heavy atom. The van der Waals surface area contributed by atoms with Gasteiger partial charge in [0.1, 0.15) is 0 Å². The second-order valence-electron chi connectivity index (χ2n) is 5.51. The monoisotopic (exact) mass is 206 g/mol. The van der Waals surface area contributed by atoms with Crippen LogP contribution in [0.5, 0.6) is 0 Å². The summed E-state index contributed by atoms with van der Waals surface area (Å²) in [6.07, 6.45) is 7.09. The zero-order chi connectivity index (χ0) is 11.6. The molecule has 86 valence electrons. The molecule has 2 atom stereocenters. The molecule has 0 spiro atoms. The van der Waals surface area contributed by atoms with E-state index in [4.69, 9.17) is 0 Å². The molecule has 1 aliphatic rings. The average Bonchev–Trinajstić information content (AvgIpc) is 2.15. The third kappa shape index (κ3) is 2.19. The SMILES string of the molecule is CC=CC1CC(C)C(C)(C)C(CC)=C1C. The number of allylic oxidation sites excluding steroid dienone is 4. The number of rotatable bonds is 2. The normalized spacial score (nSPS) is 31.3. The van der Waals surface area contributed by atoms with Crippen LogP contribution in [-0.4, -0.2) is 0 Å². The van der Waals surface area contributed by atoms with Gasteiger partial charge in [-0.25, -0.2) is 0 Å². The van der Waals surface area contributed by atoms with Crippen molar-refractivity contribution in [3.8, 4) is 0 Å². The van der Waals surface area contributed by atoms with Gasteiger partial charge >= 0.3 is 0 Å². The second kappa shape index (κ2) is 4.55. The van der Waals surface area contributed by atoms with Gasteiger partial charge in [-0.15, -0.1) is 0 Å². The van der Waals surface area contributed by atoms with E-state index in [9.17, 15) is 0 Å². The summed E-state index contributed by atoms with van der Waals surface area (Å²) in [5.41, 5.74) is 3.71. The highest BCUT2D eigenvalue weighted by atomic mass is 14.4. The molecule has 1 rings (SSSR count). The first-order chi connectivity index (χ1) is 6.95. The summed E-state index contributed by atoms with van der Waals surface area (Å²) in [5.74, 6) is 1.48. The summed E-state index contributed by atoms with van der Waals surface area (Å²) < 4.78 is 0. The molecule has 0 nitrogen and oxygen atoms in total. The van der Waals surface area contributed by atoms with E-state index in [0.29, 0.717) is 11.3 Å². The summed E-state index contributed by atoms with van der Waals surface area (Å²) >= 11 is 0. The van der Waals surface area contributed by atoms with E-state index in [1.54, 1.807) is 11.1 Å². The fourth-order valence-corrected chi connectivity index (χ4v) is 3.07. The Labute approximate surface area is 95.5 Å². The van der Waals surface area contributed by atoms with Crippen molar-refractivity contribution in [1.29, 1.82) is 0 Å². The Hall–Kier alpha value is -0.520. The molecule has 0 aromatic heterocycles. The lowest BCUT2D eigenvalue weighted by Gasteiger charge is -2.43. The van der Waals surface area contributed by atoms with E-state index < -0.39 is 0 Å². The van der Waals surface area contributed by atoms with Crippen molar-refractivity contribution in [3.63, 3.8) is 0 Å². The zero-order valence-corrected chi connectivity index (χ0v) is 11.2. The van der Waals surface area contributed by atoms with Crippen molar-refractivity contribution in [2.75, 3.05) is 0 Å². The van der Waals surface area contributed by atoms with Gasteiger partial charge in [0.25, 0.3) is 0 Å². The van der Waals surface area contributed by atoms with Gasteiger partial charge in [0, 0.05) is 0 Å². The fraction of sp³-hybridized carbons (Fsp3) is 0.733. The topological polar surface area (TPSA) is 0 Å². The summed E-state index contributed by atoms with van der Waals surface area (Å²) in [5, 5.41) is 0. The van der Waals surface area contributed by atoms with E-state index >= 15 is 0 Å². The minimum Gasteiger partial charge on any atom is -0.0911 e. The van der Waals surface area contributed by atoms with Crippen molar-refractivity contribution >= 4 is 0 Å². The lowest BCUT2D eigenvalue weighted by molar-refractivity contribution is 0.224. The van der Waals surface area contributed by atoms with Gasteiger partial charge in [-0.05, 0) is 43.9 Å². The molecule has 0 amide bonds. The van der Waals surface area contributed by atoms with Gasteiger partial charge in [0.15, 0.2) is 0 Å². The van der Waals surface area contributed by atoms with Gasteiger partial charge in [-0.3, -0.25) is 0 Å². The van der Waals surface area contributed by atoms with Crippen LogP contribution in [-0.2, 0) is 0 Å².